The van der Waals surface area contributed by atoms with E-state index >= 15 is 0 Å². The zero-order valence-corrected chi connectivity index (χ0v) is 14.7. The number of hydrogen-bond donors (Lipinski definition) is 2. The fraction of sp³-hybridized carbons (Fsp3) is 0. The maximum Gasteiger partial charge on any atom is 0.335 e. The monoisotopic (exact) mass is 422 g/mol. The molecule has 3 aromatic carbocycles. The first-order valence-corrected chi connectivity index (χ1v) is 8.07. The van der Waals surface area contributed by atoms with Crippen molar-refractivity contribution in [2.45, 2.75) is 0 Å². The van der Waals surface area contributed by atoms with E-state index in [-0.39, 0.29) is 22.6 Å². The topological polar surface area (TPSA) is 93.1 Å². The van der Waals surface area contributed by atoms with Gasteiger partial charge in [0.1, 0.15) is 11.5 Å². The average Bonchev–Trinajstić information content (AvgIpc) is 2.73. The van der Waals surface area contributed by atoms with E-state index in [1.165, 1.54) is 24.3 Å². The lowest BCUT2D eigenvalue weighted by atomic mass is 10.2. The molecule has 0 fully saturated rings. The van der Waals surface area contributed by atoms with Crippen molar-refractivity contribution in [3.05, 3.63) is 82.9 Å². The van der Waals surface area contributed by atoms with Crippen molar-refractivity contribution in [3.63, 3.8) is 0 Å². The lowest BCUT2D eigenvalue weighted by molar-refractivity contribution is 0.0685. The highest BCUT2D eigenvalue weighted by molar-refractivity contribution is 5.88. The predicted molar refractivity (Wildman–Crippen MR) is 93.2 cm³/mol. The molecule has 0 aliphatic rings. The first-order valence-electron chi connectivity index (χ1n) is 8.07. The summed E-state index contributed by atoms with van der Waals surface area (Å²) in [7, 11) is 0. The zero-order chi connectivity index (χ0) is 22.0. The maximum absolute atomic E-state index is 14.4. The highest BCUT2D eigenvalue weighted by Crippen LogP contribution is 2.39. The molecular formula is C20H10F4O6. The van der Waals surface area contributed by atoms with Gasteiger partial charge < -0.3 is 19.7 Å². The van der Waals surface area contributed by atoms with E-state index in [0.717, 1.165) is 24.3 Å². The largest absolute Gasteiger partial charge is 0.478 e. The summed E-state index contributed by atoms with van der Waals surface area (Å²) in [6.45, 7) is 0. The van der Waals surface area contributed by atoms with Crippen LogP contribution in [-0.4, -0.2) is 22.2 Å². The Labute approximate surface area is 165 Å². The van der Waals surface area contributed by atoms with Crippen LogP contribution < -0.4 is 9.47 Å². The second kappa shape index (κ2) is 8.11. The van der Waals surface area contributed by atoms with Gasteiger partial charge in [0.05, 0.1) is 11.1 Å². The van der Waals surface area contributed by atoms with Crippen molar-refractivity contribution in [1.29, 1.82) is 0 Å². The summed E-state index contributed by atoms with van der Waals surface area (Å²) < 4.78 is 67.1. The fourth-order valence-electron chi connectivity index (χ4n) is 2.39. The summed E-state index contributed by atoms with van der Waals surface area (Å²) in [5.41, 5.74) is -0.569. The van der Waals surface area contributed by atoms with Crippen LogP contribution in [-0.2, 0) is 0 Å². The number of benzene rings is 3. The number of hydrogen-bond acceptors (Lipinski definition) is 4. The maximum atomic E-state index is 14.4. The third kappa shape index (κ3) is 4.02. The molecule has 3 aromatic rings. The van der Waals surface area contributed by atoms with E-state index in [0.29, 0.717) is 0 Å². The minimum Gasteiger partial charge on any atom is -0.478 e. The summed E-state index contributed by atoms with van der Waals surface area (Å²) in [6, 6.07) is 8.81. The first-order chi connectivity index (χ1) is 14.2. The van der Waals surface area contributed by atoms with Gasteiger partial charge in [-0.3, -0.25) is 0 Å². The summed E-state index contributed by atoms with van der Waals surface area (Å²) in [5.74, 6) is -14.1. The number of ether oxygens (including phenoxy) is 2. The first kappa shape index (κ1) is 20.6. The van der Waals surface area contributed by atoms with Gasteiger partial charge in [0.25, 0.3) is 0 Å². The van der Waals surface area contributed by atoms with Gasteiger partial charge in [0.15, 0.2) is 0 Å². The molecule has 0 heterocycles. The van der Waals surface area contributed by atoms with Gasteiger partial charge in [0.2, 0.25) is 34.8 Å². The Morgan fingerprint density at radius 2 is 0.967 bits per heavy atom. The van der Waals surface area contributed by atoms with Crippen LogP contribution >= 0.6 is 0 Å². The van der Waals surface area contributed by atoms with E-state index in [9.17, 15) is 27.2 Å². The lowest BCUT2D eigenvalue weighted by Crippen LogP contribution is -2.05. The zero-order valence-electron chi connectivity index (χ0n) is 14.7. The normalized spacial score (nSPS) is 10.5. The molecular weight excluding hydrogens is 412 g/mol. The van der Waals surface area contributed by atoms with Crippen LogP contribution in [0.4, 0.5) is 17.6 Å². The van der Waals surface area contributed by atoms with E-state index < -0.39 is 46.7 Å². The minimum absolute atomic E-state index is 0.285. The van der Waals surface area contributed by atoms with Crippen LogP contribution in [0.15, 0.2) is 48.5 Å². The van der Waals surface area contributed by atoms with E-state index in [4.69, 9.17) is 19.7 Å². The standard InChI is InChI=1S/C20H10F4O6/c21-13-15(23)18(30-12-6-2-4-10(8-12)20(27)28)16(24)14(22)17(13)29-11-5-1-3-9(7-11)19(25)26/h1-8H,(H,25,26)(H,27,28). The Bertz CT molecular complexity index is 1040. The van der Waals surface area contributed by atoms with Gasteiger partial charge in [-0.1, -0.05) is 12.1 Å². The molecule has 0 saturated carbocycles. The summed E-state index contributed by atoms with van der Waals surface area (Å²) in [6.07, 6.45) is 0. The molecule has 6 nitrogen and oxygen atoms in total. The Hall–Kier alpha value is -4.08. The average molecular weight is 422 g/mol. The molecule has 0 amide bonds. The number of carboxylic acid groups (broad SMARTS) is 2. The lowest BCUT2D eigenvalue weighted by Gasteiger charge is -2.14. The highest BCUT2D eigenvalue weighted by atomic mass is 19.2. The minimum atomic E-state index is -1.93. The summed E-state index contributed by atoms with van der Waals surface area (Å²) >= 11 is 0. The molecule has 3 rings (SSSR count). The molecule has 0 bridgehead atoms. The molecule has 0 saturated heterocycles. The van der Waals surface area contributed by atoms with Gasteiger partial charge in [0, 0.05) is 0 Å². The Morgan fingerprint density at radius 1 is 0.633 bits per heavy atom. The molecule has 0 aromatic heterocycles. The number of rotatable bonds is 6. The molecule has 30 heavy (non-hydrogen) atoms. The number of aromatic carboxylic acids is 2. The van der Waals surface area contributed by atoms with Crippen molar-refractivity contribution < 1.29 is 46.8 Å². The van der Waals surface area contributed by atoms with Crippen LogP contribution in [0.2, 0.25) is 0 Å². The Balaban J connectivity index is 2.00. The van der Waals surface area contributed by atoms with Gasteiger partial charge in [-0.25, -0.2) is 9.59 Å². The molecule has 0 spiro atoms. The second-order valence-electron chi connectivity index (χ2n) is 5.78. The van der Waals surface area contributed by atoms with Crippen molar-refractivity contribution in [3.8, 4) is 23.0 Å². The van der Waals surface area contributed by atoms with E-state index in [1.54, 1.807) is 0 Å². The molecule has 0 aliphatic carbocycles. The van der Waals surface area contributed by atoms with Crippen molar-refractivity contribution >= 4 is 11.9 Å². The van der Waals surface area contributed by atoms with E-state index in [1.807, 2.05) is 0 Å². The smallest absolute Gasteiger partial charge is 0.335 e. The van der Waals surface area contributed by atoms with E-state index in [2.05, 4.69) is 0 Å². The highest BCUT2D eigenvalue weighted by Gasteiger charge is 2.29. The van der Waals surface area contributed by atoms with Gasteiger partial charge in [-0.05, 0) is 36.4 Å². The van der Waals surface area contributed by atoms with Crippen molar-refractivity contribution in [1.82, 2.24) is 0 Å². The predicted octanol–water partition coefficient (Wildman–Crippen LogP) is 5.22. The Morgan fingerprint density at radius 3 is 1.27 bits per heavy atom. The molecule has 0 aliphatic heterocycles. The molecule has 0 atom stereocenters. The van der Waals surface area contributed by atoms with Gasteiger partial charge in [-0.15, -0.1) is 0 Å². The molecule has 154 valence electrons. The number of halogens is 4. The molecule has 0 radical (unpaired) electrons. The quantitative estimate of drug-likeness (QED) is 0.418. The number of carboxylic acids is 2. The van der Waals surface area contributed by atoms with Gasteiger partial charge in [-0.2, -0.15) is 17.6 Å². The second-order valence-corrected chi connectivity index (χ2v) is 5.78. The van der Waals surface area contributed by atoms with Gasteiger partial charge >= 0.3 is 11.9 Å². The third-order valence-corrected chi connectivity index (χ3v) is 3.78. The van der Waals surface area contributed by atoms with Crippen molar-refractivity contribution in [2.24, 2.45) is 0 Å². The third-order valence-electron chi connectivity index (χ3n) is 3.78. The summed E-state index contributed by atoms with van der Waals surface area (Å²) in [4.78, 5) is 21.9. The van der Waals surface area contributed by atoms with Crippen LogP contribution in [0.1, 0.15) is 20.7 Å². The SMILES string of the molecule is O=C(O)c1cccc(Oc2c(F)c(F)c(Oc3cccc(C(=O)O)c3)c(F)c2F)c1. The fourth-order valence-corrected chi connectivity index (χ4v) is 2.39. The van der Waals surface area contributed by atoms with Crippen LogP contribution in [0.25, 0.3) is 0 Å². The van der Waals surface area contributed by atoms with Crippen LogP contribution in [0, 0.1) is 23.3 Å². The molecule has 2 N–H and O–H groups in total. The molecule has 0 unspecified atom stereocenters. The Kier molecular flexibility index (Phi) is 5.58. The van der Waals surface area contributed by atoms with Crippen molar-refractivity contribution in [2.75, 3.05) is 0 Å². The summed E-state index contributed by atoms with van der Waals surface area (Å²) in [5, 5.41) is 17.9. The molecule has 10 heteroatoms. The van der Waals surface area contributed by atoms with Crippen LogP contribution in [0.5, 0.6) is 23.0 Å². The van der Waals surface area contributed by atoms with Crippen LogP contribution in [0.3, 0.4) is 0 Å². The number of carbonyl (C=O) groups is 2.